The third kappa shape index (κ3) is 2.07. The van der Waals surface area contributed by atoms with Crippen LogP contribution in [0, 0.1) is 5.92 Å². The van der Waals surface area contributed by atoms with E-state index in [2.05, 4.69) is 15.5 Å². The maximum atomic E-state index is 12.2. The molecule has 2 aliphatic rings. The highest BCUT2D eigenvalue weighted by atomic mass is 16.2. The summed E-state index contributed by atoms with van der Waals surface area (Å²) in [7, 11) is 0. The Labute approximate surface area is 101 Å². The van der Waals surface area contributed by atoms with Crippen LogP contribution in [0.25, 0.3) is 0 Å². The molecule has 2 fully saturated rings. The maximum absolute atomic E-state index is 12.2. The van der Waals surface area contributed by atoms with E-state index >= 15 is 0 Å². The maximum Gasteiger partial charge on any atom is 0.228 e. The molecular formula is C12H18N4O. The van der Waals surface area contributed by atoms with Crippen LogP contribution in [-0.4, -0.2) is 47.2 Å². The second-order valence-corrected chi connectivity index (χ2v) is 4.99. The highest BCUT2D eigenvalue weighted by Gasteiger charge is 2.32. The lowest BCUT2D eigenvalue weighted by molar-refractivity contribution is -0.138. The molecule has 5 heteroatoms. The van der Waals surface area contributed by atoms with Crippen molar-refractivity contribution in [2.45, 2.75) is 18.8 Å². The highest BCUT2D eigenvalue weighted by Crippen LogP contribution is 2.26. The predicted octanol–water partition coefficient (Wildman–Crippen LogP) is 0.335. The molecule has 1 atom stereocenters. The molecule has 1 unspecified atom stereocenters. The number of aromatic nitrogens is 2. The van der Waals surface area contributed by atoms with Gasteiger partial charge in [-0.15, -0.1) is 0 Å². The lowest BCUT2D eigenvalue weighted by atomic mass is 9.93. The predicted molar refractivity (Wildman–Crippen MR) is 63.5 cm³/mol. The van der Waals surface area contributed by atoms with E-state index < -0.39 is 0 Å². The third-order valence-corrected chi connectivity index (χ3v) is 3.83. The van der Waals surface area contributed by atoms with Crippen molar-refractivity contribution < 1.29 is 4.79 Å². The topological polar surface area (TPSA) is 61.0 Å². The van der Waals surface area contributed by atoms with Gasteiger partial charge < -0.3 is 10.2 Å². The number of aromatic amines is 1. The molecule has 0 bridgehead atoms. The minimum atomic E-state index is 0.218. The lowest BCUT2D eigenvalue weighted by Gasteiger charge is -2.37. The van der Waals surface area contributed by atoms with Gasteiger partial charge in [0.15, 0.2) is 0 Å². The zero-order valence-electron chi connectivity index (χ0n) is 9.85. The number of hydrogen-bond acceptors (Lipinski definition) is 3. The Hall–Kier alpha value is -1.36. The Balaban J connectivity index is 1.65. The number of hydrogen-bond donors (Lipinski definition) is 2. The van der Waals surface area contributed by atoms with Gasteiger partial charge in [0.1, 0.15) is 0 Å². The third-order valence-electron chi connectivity index (χ3n) is 3.83. The van der Waals surface area contributed by atoms with E-state index in [0.717, 1.165) is 44.7 Å². The Kier molecular flexibility index (Phi) is 2.84. The van der Waals surface area contributed by atoms with Crippen molar-refractivity contribution in [1.29, 1.82) is 0 Å². The van der Waals surface area contributed by atoms with Gasteiger partial charge in [-0.05, 0) is 18.9 Å². The first kappa shape index (κ1) is 10.8. The van der Waals surface area contributed by atoms with Crippen LogP contribution in [0.4, 0.5) is 0 Å². The summed E-state index contributed by atoms with van der Waals surface area (Å²) in [4.78, 5) is 14.2. The lowest BCUT2D eigenvalue weighted by Crippen LogP contribution is -2.53. The number of amides is 1. The molecule has 92 valence electrons. The van der Waals surface area contributed by atoms with Gasteiger partial charge in [-0.2, -0.15) is 5.10 Å². The molecule has 0 saturated carbocycles. The monoisotopic (exact) mass is 234 g/mol. The Morgan fingerprint density at radius 1 is 1.47 bits per heavy atom. The second kappa shape index (κ2) is 4.49. The van der Waals surface area contributed by atoms with Crippen molar-refractivity contribution in [2.24, 2.45) is 5.92 Å². The molecule has 0 aliphatic carbocycles. The van der Waals surface area contributed by atoms with Gasteiger partial charge in [0.05, 0.1) is 5.92 Å². The molecule has 1 aromatic heterocycles. The average Bonchev–Trinajstić information content (AvgIpc) is 2.80. The summed E-state index contributed by atoms with van der Waals surface area (Å²) in [5.74, 6) is 0.978. The van der Waals surface area contributed by atoms with Crippen LogP contribution in [0.2, 0.25) is 0 Å². The number of piperidine rings is 1. The highest BCUT2D eigenvalue weighted by molar-refractivity contribution is 5.80. The first-order valence-electron chi connectivity index (χ1n) is 6.33. The van der Waals surface area contributed by atoms with E-state index in [9.17, 15) is 4.79 Å². The molecule has 0 spiro atoms. The number of H-pyrrole nitrogens is 1. The van der Waals surface area contributed by atoms with E-state index in [0.29, 0.717) is 11.8 Å². The molecule has 2 N–H and O–H groups in total. The van der Waals surface area contributed by atoms with Crippen LogP contribution >= 0.6 is 0 Å². The van der Waals surface area contributed by atoms with Crippen LogP contribution in [0.5, 0.6) is 0 Å². The molecule has 2 saturated heterocycles. The molecule has 0 radical (unpaired) electrons. The quantitative estimate of drug-likeness (QED) is 0.775. The number of carbonyl (C=O) groups excluding carboxylic acids is 1. The summed E-state index contributed by atoms with van der Waals surface area (Å²) < 4.78 is 0. The van der Waals surface area contributed by atoms with Crippen molar-refractivity contribution >= 4 is 5.91 Å². The van der Waals surface area contributed by atoms with Crippen molar-refractivity contribution in [1.82, 2.24) is 20.4 Å². The Bertz CT molecular complexity index is 385. The Morgan fingerprint density at radius 3 is 3.00 bits per heavy atom. The number of nitrogens with one attached hydrogen (secondary N) is 2. The van der Waals surface area contributed by atoms with Gasteiger partial charge in [-0.25, -0.2) is 0 Å². The standard InChI is InChI=1S/C12H18N4O/c17-12(10-6-13-7-10)16-5-1-2-9(8-16)11-3-4-14-15-11/h3-4,9-10,13H,1-2,5-8H2,(H,14,15). The van der Waals surface area contributed by atoms with E-state index in [1.54, 1.807) is 6.20 Å². The molecule has 3 rings (SSSR count). The first-order valence-corrected chi connectivity index (χ1v) is 6.33. The molecule has 1 aromatic rings. The Morgan fingerprint density at radius 2 is 2.35 bits per heavy atom. The molecular weight excluding hydrogens is 216 g/mol. The minimum absolute atomic E-state index is 0.218. The SMILES string of the molecule is O=C(C1CNC1)N1CCCC(c2ccn[nH]2)C1. The van der Waals surface area contributed by atoms with Crippen molar-refractivity contribution in [3.05, 3.63) is 18.0 Å². The number of likely N-dealkylation sites (tertiary alicyclic amines) is 1. The van der Waals surface area contributed by atoms with E-state index in [1.165, 1.54) is 0 Å². The van der Waals surface area contributed by atoms with Gasteiger partial charge in [-0.3, -0.25) is 9.89 Å². The number of nitrogens with zero attached hydrogens (tertiary/aromatic N) is 2. The zero-order chi connectivity index (χ0) is 11.7. The van der Waals surface area contributed by atoms with Crippen molar-refractivity contribution in [3.63, 3.8) is 0 Å². The fourth-order valence-electron chi connectivity index (χ4n) is 2.65. The van der Waals surface area contributed by atoms with Crippen LogP contribution in [-0.2, 0) is 4.79 Å². The van der Waals surface area contributed by atoms with Gasteiger partial charge in [0.25, 0.3) is 0 Å². The van der Waals surface area contributed by atoms with Crippen LogP contribution in [0.1, 0.15) is 24.5 Å². The van der Waals surface area contributed by atoms with E-state index in [-0.39, 0.29) is 5.92 Å². The summed E-state index contributed by atoms with van der Waals surface area (Å²) in [6.07, 6.45) is 4.02. The van der Waals surface area contributed by atoms with Crippen molar-refractivity contribution in [3.8, 4) is 0 Å². The van der Waals surface area contributed by atoms with E-state index in [1.807, 2.05) is 11.0 Å². The molecule has 5 nitrogen and oxygen atoms in total. The number of rotatable bonds is 2. The first-order chi connectivity index (χ1) is 8.34. The van der Waals surface area contributed by atoms with Gasteiger partial charge >= 0.3 is 0 Å². The molecule has 3 heterocycles. The van der Waals surface area contributed by atoms with Crippen molar-refractivity contribution in [2.75, 3.05) is 26.2 Å². The minimum Gasteiger partial charge on any atom is -0.342 e. The molecule has 1 amide bonds. The number of carbonyl (C=O) groups is 1. The molecule has 2 aliphatic heterocycles. The van der Waals surface area contributed by atoms with E-state index in [4.69, 9.17) is 0 Å². The molecule has 17 heavy (non-hydrogen) atoms. The summed E-state index contributed by atoms with van der Waals surface area (Å²) in [5, 5.41) is 10.2. The summed E-state index contributed by atoms with van der Waals surface area (Å²) in [6.45, 7) is 3.46. The van der Waals surface area contributed by atoms with Crippen LogP contribution in [0.3, 0.4) is 0 Å². The average molecular weight is 234 g/mol. The summed E-state index contributed by atoms with van der Waals surface area (Å²) in [6, 6.07) is 2.02. The fraction of sp³-hybridized carbons (Fsp3) is 0.667. The summed E-state index contributed by atoms with van der Waals surface area (Å²) in [5.41, 5.74) is 1.16. The van der Waals surface area contributed by atoms with Gasteiger partial charge in [0, 0.05) is 44.0 Å². The van der Waals surface area contributed by atoms with Crippen LogP contribution < -0.4 is 5.32 Å². The van der Waals surface area contributed by atoms with Gasteiger partial charge in [0.2, 0.25) is 5.91 Å². The normalized spacial score (nSPS) is 25.6. The zero-order valence-corrected chi connectivity index (χ0v) is 9.85. The summed E-state index contributed by atoms with van der Waals surface area (Å²) >= 11 is 0. The van der Waals surface area contributed by atoms with Crippen LogP contribution in [0.15, 0.2) is 12.3 Å². The van der Waals surface area contributed by atoms with Gasteiger partial charge in [-0.1, -0.05) is 0 Å². The fourth-order valence-corrected chi connectivity index (χ4v) is 2.65. The molecule has 0 aromatic carbocycles. The largest absolute Gasteiger partial charge is 0.342 e. The smallest absolute Gasteiger partial charge is 0.228 e. The second-order valence-electron chi connectivity index (χ2n) is 4.99.